The summed E-state index contributed by atoms with van der Waals surface area (Å²) in [6.45, 7) is 5.10. The van der Waals surface area contributed by atoms with E-state index in [0.29, 0.717) is 32.0 Å². The highest BCUT2D eigenvalue weighted by molar-refractivity contribution is 7.15. The van der Waals surface area contributed by atoms with Gasteiger partial charge in [-0.15, -0.1) is 11.3 Å². The molecule has 0 bridgehead atoms. The highest BCUT2D eigenvalue weighted by atomic mass is 32.1. The van der Waals surface area contributed by atoms with Crippen LogP contribution in [-0.2, 0) is 33.9 Å². The molecule has 8 heteroatoms. The number of hydrogen-bond donors (Lipinski definition) is 1. The van der Waals surface area contributed by atoms with Crippen molar-refractivity contribution in [3.63, 3.8) is 0 Å². The number of carbonyl (C=O) groups is 1. The first kappa shape index (κ1) is 25.6. The van der Waals surface area contributed by atoms with Crippen molar-refractivity contribution in [2.75, 3.05) is 13.7 Å². The SMILES string of the molecule is CCO[C@@H](Cc1ccc(OCc2sc(-c3ccc(-c4cc(COC)on4)cc3)cc2C)cc1)C(=O)O. The number of methoxy groups -OCH3 is 1. The Hall–Kier alpha value is -3.46. The van der Waals surface area contributed by atoms with Crippen LogP contribution in [0.1, 0.15) is 28.7 Å². The Balaban J connectivity index is 1.37. The Morgan fingerprint density at radius 1 is 1.06 bits per heavy atom. The van der Waals surface area contributed by atoms with Crippen molar-refractivity contribution >= 4 is 17.3 Å². The average Bonchev–Trinajstić information content (AvgIpc) is 3.50. The largest absolute Gasteiger partial charge is 0.488 e. The van der Waals surface area contributed by atoms with Crippen LogP contribution in [0.5, 0.6) is 5.75 Å². The summed E-state index contributed by atoms with van der Waals surface area (Å²) in [6.07, 6.45) is -0.521. The van der Waals surface area contributed by atoms with Crippen molar-refractivity contribution in [1.82, 2.24) is 5.16 Å². The molecule has 0 amide bonds. The van der Waals surface area contributed by atoms with Gasteiger partial charge in [-0.2, -0.15) is 0 Å². The summed E-state index contributed by atoms with van der Waals surface area (Å²) in [6, 6.07) is 19.8. The second kappa shape index (κ2) is 12.0. The van der Waals surface area contributed by atoms with Gasteiger partial charge in [0.15, 0.2) is 11.9 Å². The van der Waals surface area contributed by atoms with Crippen LogP contribution in [-0.4, -0.2) is 36.1 Å². The van der Waals surface area contributed by atoms with Crippen LogP contribution in [0.2, 0.25) is 0 Å². The molecule has 2 heterocycles. The second-order valence-electron chi connectivity index (χ2n) is 8.32. The van der Waals surface area contributed by atoms with Crippen LogP contribution in [0.3, 0.4) is 0 Å². The molecular formula is C28H29NO6S. The Bertz CT molecular complexity index is 1280. The minimum Gasteiger partial charge on any atom is -0.488 e. The van der Waals surface area contributed by atoms with Crippen LogP contribution in [0, 0.1) is 6.92 Å². The van der Waals surface area contributed by atoms with E-state index in [9.17, 15) is 9.90 Å². The number of hydrogen-bond acceptors (Lipinski definition) is 7. The molecule has 0 saturated carbocycles. The van der Waals surface area contributed by atoms with Crippen LogP contribution in [0.25, 0.3) is 21.7 Å². The van der Waals surface area contributed by atoms with Crippen LogP contribution >= 0.6 is 11.3 Å². The van der Waals surface area contributed by atoms with E-state index in [0.717, 1.165) is 33.0 Å². The summed E-state index contributed by atoms with van der Waals surface area (Å²) < 4.78 is 21.7. The number of benzene rings is 2. The fraction of sp³-hybridized carbons (Fsp3) is 0.286. The summed E-state index contributed by atoms with van der Waals surface area (Å²) in [7, 11) is 1.62. The van der Waals surface area contributed by atoms with Crippen LogP contribution < -0.4 is 4.74 Å². The first-order valence-corrected chi connectivity index (χ1v) is 12.5. The molecule has 0 spiro atoms. The second-order valence-corrected chi connectivity index (χ2v) is 9.46. The summed E-state index contributed by atoms with van der Waals surface area (Å²) >= 11 is 1.71. The third kappa shape index (κ3) is 6.40. The number of nitrogens with zero attached hydrogens (tertiary/aromatic N) is 1. The van der Waals surface area contributed by atoms with Gasteiger partial charge in [0.2, 0.25) is 0 Å². The van der Waals surface area contributed by atoms with Crippen molar-refractivity contribution in [2.24, 2.45) is 0 Å². The molecule has 2 aromatic heterocycles. The number of ether oxygens (including phenoxy) is 3. The van der Waals surface area contributed by atoms with E-state index in [1.807, 2.05) is 42.5 Å². The highest BCUT2D eigenvalue weighted by Crippen LogP contribution is 2.33. The van der Waals surface area contributed by atoms with E-state index in [1.54, 1.807) is 25.4 Å². The topological polar surface area (TPSA) is 91.0 Å². The number of aromatic nitrogens is 1. The minimum atomic E-state index is -0.954. The van der Waals surface area contributed by atoms with Crippen LogP contribution in [0.4, 0.5) is 0 Å². The molecule has 0 radical (unpaired) electrons. The first-order chi connectivity index (χ1) is 17.5. The number of carboxylic acids is 1. The van der Waals surface area contributed by atoms with Crippen molar-refractivity contribution in [1.29, 1.82) is 0 Å². The monoisotopic (exact) mass is 507 g/mol. The Kier molecular flexibility index (Phi) is 8.53. The molecule has 4 rings (SSSR count). The lowest BCUT2D eigenvalue weighted by Crippen LogP contribution is -2.26. The van der Waals surface area contributed by atoms with Crippen LogP contribution in [0.15, 0.2) is 65.2 Å². The van der Waals surface area contributed by atoms with Crippen molar-refractivity contribution in [2.45, 2.75) is 39.6 Å². The third-order valence-corrected chi connectivity index (χ3v) is 6.95. The van der Waals surface area contributed by atoms with Gasteiger partial charge >= 0.3 is 5.97 Å². The van der Waals surface area contributed by atoms with Gasteiger partial charge in [0.25, 0.3) is 0 Å². The molecule has 2 aromatic carbocycles. The standard InChI is InChI=1S/C28H29NO6S/c1-4-33-25(28(30)31)14-19-5-11-22(12-6-19)34-17-27-18(2)13-26(36-27)21-9-7-20(8-10-21)24-15-23(16-32-3)35-29-24/h5-13,15,25H,4,14,16-17H2,1-3H3,(H,30,31)/t25-/m0/s1. The minimum absolute atomic E-state index is 0.320. The Labute approximate surface area is 214 Å². The normalized spacial score (nSPS) is 12.0. The molecule has 7 nitrogen and oxygen atoms in total. The lowest BCUT2D eigenvalue weighted by atomic mass is 10.1. The predicted octanol–water partition coefficient (Wildman–Crippen LogP) is 6.14. The molecule has 1 N–H and O–H groups in total. The van der Waals surface area contributed by atoms with Gasteiger partial charge in [-0.05, 0) is 48.7 Å². The fourth-order valence-electron chi connectivity index (χ4n) is 3.77. The quantitative estimate of drug-likeness (QED) is 0.246. The number of rotatable bonds is 12. The van der Waals surface area contributed by atoms with E-state index in [4.69, 9.17) is 18.7 Å². The molecule has 188 valence electrons. The molecule has 4 aromatic rings. The number of aryl methyl sites for hydroxylation is 1. The average molecular weight is 508 g/mol. The summed E-state index contributed by atoms with van der Waals surface area (Å²) in [5, 5.41) is 13.4. The molecule has 0 aliphatic rings. The van der Waals surface area contributed by atoms with Gasteiger partial charge in [0.05, 0.1) is 0 Å². The van der Waals surface area contributed by atoms with E-state index < -0.39 is 12.1 Å². The molecule has 0 unspecified atom stereocenters. The first-order valence-electron chi connectivity index (χ1n) is 11.7. The molecule has 1 atom stereocenters. The number of thiophene rings is 1. The van der Waals surface area contributed by atoms with Gasteiger partial charge in [0.1, 0.15) is 24.7 Å². The maximum atomic E-state index is 11.3. The summed E-state index contributed by atoms with van der Waals surface area (Å²) in [5.74, 6) is 0.478. The lowest BCUT2D eigenvalue weighted by Gasteiger charge is -2.13. The zero-order valence-electron chi connectivity index (χ0n) is 20.5. The zero-order valence-corrected chi connectivity index (χ0v) is 21.3. The number of aliphatic carboxylic acids is 1. The zero-order chi connectivity index (χ0) is 25.5. The van der Waals surface area contributed by atoms with Gasteiger partial charge in [-0.1, -0.05) is 41.6 Å². The van der Waals surface area contributed by atoms with E-state index in [2.05, 4.69) is 30.3 Å². The maximum absolute atomic E-state index is 11.3. The van der Waals surface area contributed by atoms with E-state index in [1.165, 1.54) is 10.4 Å². The van der Waals surface area contributed by atoms with Crippen molar-refractivity contribution < 1.29 is 28.6 Å². The molecule has 0 fully saturated rings. The summed E-state index contributed by atoms with van der Waals surface area (Å²) in [4.78, 5) is 13.6. The van der Waals surface area contributed by atoms with Gasteiger partial charge in [-0.3, -0.25) is 0 Å². The maximum Gasteiger partial charge on any atom is 0.333 e. The van der Waals surface area contributed by atoms with Gasteiger partial charge in [0, 0.05) is 41.5 Å². The highest BCUT2D eigenvalue weighted by Gasteiger charge is 2.18. The molecular weight excluding hydrogens is 478 g/mol. The Morgan fingerprint density at radius 2 is 1.78 bits per heavy atom. The van der Waals surface area contributed by atoms with E-state index in [-0.39, 0.29) is 0 Å². The fourth-order valence-corrected chi connectivity index (χ4v) is 4.87. The predicted molar refractivity (Wildman–Crippen MR) is 138 cm³/mol. The molecule has 0 aliphatic carbocycles. The number of carboxylic acid groups (broad SMARTS) is 1. The molecule has 0 saturated heterocycles. The molecule has 0 aliphatic heterocycles. The van der Waals surface area contributed by atoms with E-state index >= 15 is 0 Å². The lowest BCUT2D eigenvalue weighted by molar-refractivity contribution is -0.149. The van der Waals surface area contributed by atoms with Crippen molar-refractivity contribution in [3.05, 3.63) is 82.4 Å². The Morgan fingerprint density at radius 3 is 2.44 bits per heavy atom. The van der Waals surface area contributed by atoms with Gasteiger partial charge < -0.3 is 23.8 Å². The smallest absolute Gasteiger partial charge is 0.333 e. The third-order valence-electron chi connectivity index (χ3n) is 5.69. The van der Waals surface area contributed by atoms with Gasteiger partial charge in [-0.25, -0.2) is 4.79 Å². The summed E-state index contributed by atoms with van der Waals surface area (Å²) in [5.41, 5.74) is 4.97. The molecule has 36 heavy (non-hydrogen) atoms. The van der Waals surface area contributed by atoms with Crippen molar-refractivity contribution in [3.8, 4) is 27.4 Å².